The fourth-order valence-corrected chi connectivity index (χ4v) is 3.10. The van der Waals surface area contributed by atoms with E-state index in [2.05, 4.69) is 5.32 Å². The van der Waals surface area contributed by atoms with Gasteiger partial charge in [-0.3, -0.25) is 0 Å². The first-order valence-electron chi connectivity index (χ1n) is 7.55. The van der Waals surface area contributed by atoms with Gasteiger partial charge in [0.25, 0.3) is 0 Å². The smallest absolute Gasteiger partial charge is 0.391 e. The second kappa shape index (κ2) is 5.98. The van der Waals surface area contributed by atoms with E-state index in [1.54, 1.807) is 0 Å². The van der Waals surface area contributed by atoms with E-state index in [4.69, 9.17) is 0 Å². The van der Waals surface area contributed by atoms with E-state index < -0.39 is 17.8 Å². The van der Waals surface area contributed by atoms with Gasteiger partial charge in [-0.2, -0.15) is 13.2 Å². The topological polar surface area (TPSA) is 32.3 Å². The van der Waals surface area contributed by atoms with Crippen LogP contribution in [0, 0.1) is 0 Å². The Morgan fingerprint density at radius 1 is 1.09 bits per heavy atom. The third-order valence-electron chi connectivity index (χ3n) is 4.37. The van der Waals surface area contributed by atoms with Crippen LogP contribution in [0.2, 0.25) is 0 Å². The van der Waals surface area contributed by atoms with Crippen molar-refractivity contribution in [3.05, 3.63) is 70.8 Å². The normalized spacial score (nSPS) is 22.0. The Bertz CT molecular complexity index is 681. The Hall–Kier alpha value is -1.85. The average Bonchev–Trinajstić information content (AvgIpc) is 2.82. The highest BCUT2D eigenvalue weighted by Gasteiger charge is 2.32. The van der Waals surface area contributed by atoms with E-state index in [0.717, 1.165) is 28.8 Å². The minimum Gasteiger partial charge on any atom is -0.391 e. The molecule has 0 aromatic heterocycles. The molecule has 0 fully saturated rings. The van der Waals surface area contributed by atoms with Crippen LogP contribution in [0.5, 0.6) is 0 Å². The lowest BCUT2D eigenvalue weighted by Crippen LogP contribution is -2.31. The van der Waals surface area contributed by atoms with E-state index >= 15 is 0 Å². The minimum absolute atomic E-state index is 0.164. The van der Waals surface area contributed by atoms with E-state index in [9.17, 15) is 18.3 Å². The van der Waals surface area contributed by atoms with Crippen LogP contribution in [0.25, 0.3) is 0 Å². The van der Waals surface area contributed by atoms with Gasteiger partial charge in [0.05, 0.1) is 17.7 Å². The lowest BCUT2D eigenvalue weighted by Gasteiger charge is -2.23. The summed E-state index contributed by atoms with van der Waals surface area (Å²) in [7, 11) is 0. The number of alkyl halides is 3. The predicted molar refractivity (Wildman–Crippen MR) is 81.9 cm³/mol. The zero-order valence-electron chi connectivity index (χ0n) is 12.6. The maximum absolute atomic E-state index is 12.6. The molecular formula is C18H18F3NO. The highest BCUT2D eigenvalue weighted by Crippen LogP contribution is 2.34. The number of benzene rings is 2. The van der Waals surface area contributed by atoms with Crippen molar-refractivity contribution in [2.75, 3.05) is 0 Å². The number of nitrogens with one attached hydrogen (secondary N) is 1. The molecule has 122 valence electrons. The van der Waals surface area contributed by atoms with Crippen molar-refractivity contribution in [1.29, 1.82) is 0 Å². The van der Waals surface area contributed by atoms with Crippen LogP contribution in [0.15, 0.2) is 48.5 Å². The number of rotatable bonds is 3. The third kappa shape index (κ3) is 3.26. The van der Waals surface area contributed by atoms with Crippen molar-refractivity contribution in [2.45, 2.75) is 37.7 Å². The maximum atomic E-state index is 12.6. The summed E-state index contributed by atoms with van der Waals surface area (Å²) in [6.07, 6.45) is -4.26. The molecule has 0 radical (unpaired) electrons. The Balaban J connectivity index is 1.76. The van der Waals surface area contributed by atoms with Gasteiger partial charge < -0.3 is 10.4 Å². The first kappa shape index (κ1) is 16.0. The second-order valence-corrected chi connectivity index (χ2v) is 5.96. The SMILES string of the molecule is CC(NC1c2ccccc2CC1O)c1ccc(C(F)(F)F)cc1. The summed E-state index contributed by atoms with van der Waals surface area (Å²) < 4.78 is 37.8. The summed E-state index contributed by atoms with van der Waals surface area (Å²) in [5.74, 6) is 0. The van der Waals surface area contributed by atoms with Gasteiger partial charge in [0, 0.05) is 12.5 Å². The van der Waals surface area contributed by atoms with E-state index in [1.165, 1.54) is 12.1 Å². The summed E-state index contributed by atoms with van der Waals surface area (Å²) in [5.41, 5.74) is 2.27. The fourth-order valence-electron chi connectivity index (χ4n) is 3.10. The molecule has 3 atom stereocenters. The van der Waals surface area contributed by atoms with Gasteiger partial charge in [0.2, 0.25) is 0 Å². The zero-order chi connectivity index (χ0) is 16.6. The third-order valence-corrected chi connectivity index (χ3v) is 4.37. The summed E-state index contributed by atoms with van der Waals surface area (Å²) >= 11 is 0. The van der Waals surface area contributed by atoms with Crippen LogP contribution >= 0.6 is 0 Å². The number of hydrogen-bond donors (Lipinski definition) is 2. The zero-order valence-corrected chi connectivity index (χ0v) is 12.6. The van der Waals surface area contributed by atoms with Crippen LogP contribution in [0.1, 0.15) is 41.3 Å². The van der Waals surface area contributed by atoms with Crippen molar-refractivity contribution in [2.24, 2.45) is 0 Å². The van der Waals surface area contributed by atoms with Crippen molar-refractivity contribution < 1.29 is 18.3 Å². The van der Waals surface area contributed by atoms with E-state index in [1.807, 2.05) is 31.2 Å². The fraction of sp³-hybridized carbons (Fsp3) is 0.333. The molecule has 0 aliphatic heterocycles. The average molecular weight is 321 g/mol. The highest BCUT2D eigenvalue weighted by atomic mass is 19.4. The number of aliphatic hydroxyl groups is 1. The molecule has 0 saturated heterocycles. The molecule has 2 aromatic rings. The molecule has 2 aromatic carbocycles. The van der Waals surface area contributed by atoms with Gasteiger partial charge in [-0.15, -0.1) is 0 Å². The van der Waals surface area contributed by atoms with Gasteiger partial charge in [0.1, 0.15) is 0 Å². The van der Waals surface area contributed by atoms with Crippen molar-refractivity contribution >= 4 is 0 Å². The van der Waals surface area contributed by atoms with Gasteiger partial charge >= 0.3 is 6.18 Å². The second-order valence-electron chi connectivity index (χ2n) is 5.96. The summed E-state index contributed by atoms with van der Waals surface area (Å²) in [5, 5.41) is 13.6. The van der Waals surface area contributed by atoms with Crippen LogP contribution in [-0.4, -0.2) is 11.2 Å². The van der Waals surface area contributed by atoms with Gasteiger partial charge in [0.15, 0.2) is 0 Å². The van der Waals surface area contributed by atoms with Crippen LogP contribution in [0.3, 0.4) is 0 Å². The first-order valence-corrected chi connectivity index (χ1v) is 7.55. The van der Waals surface area contributed by atoms with Gasteiger partial charge in [-0.1, -0.05) is 36.4 Å². The van der Waals surface area contributed by atoms with Crippen LogP contribution < -0.4 is 5.32 Å². The molecule has 5 heteroatoms. The molecule has 1 aliphatic carbocycles. The quantitative estimate of drug-likeness (QED) is 0.895. The van der Waals surface area contributed by atoms with Gasteiger partial charge in [-0.05, 0) is 35.7 Å². The van der Waals surface area contributed by atoms with Gasteiger partial charge in [-0.25, -0.2) is 0 Å². The van der Waals surface area contributed by atoms with Crippen LogP contribution in [-0.2, 0) is 12.6 Å². The number of halogens is 3. The van der Waals surface area contributed by atoms with Crippen molar-refractivity contribution in [1.82, 2.24) is 5.32 Å². The minimum atomic E-state index is -4.32. The molecule has 23 heavy (non-hydrogen) atoms. The Labute approximate surface area is 133 Å². The molecule has 2 nitrogen and oxygen atoms in total. The summed E-state index contributed by atoms with van der Waals surface area (Å²) in [6.45, 7) is 1.89. The lowest BCUT2D eigenvalue weighted by atomic mass is 10.0. The van der Waals surface area contributed by atoms with E-state index in [-0.39, 0.29) is 12.1 Å². The number of fused-ring (bicyclic) bond motifs is 1. The molecule has 1 aliphatic rings. The number of aliphatic hydroxyl groups excluding tert-OH is 1. The molecule has 0 spiro atoms. The maximum Gasteiger partial charge on any atom is 0.416 e. The van der Waals surface area contributed by atoms with Crippen molar-refractivity contribution in [3.63, 3.8) is 0 Å². The molecule has 0 saturated carbocycles. The summed E-state index contributed by atoms with van der Waals surface area (Å²) in [4.78, 5) is 0. The lowest BCUT2D eigenvalue weighted by molar-refractivity contribution is -0.137. The molecule has 3 rings (SSSR count). The first-order chi connectivity index (χ1) is 10.9. The Morgan fingerprint density at radius 3 is 2.39 bits per heavy atom. The molecule has 0 bridgehead atoms. The predicted octanol–water partition coefficient (Wildman–Crippen LogP) is 4.01. The Morgan fingerprint density at radius 2 is 1.74 bits per heavy atom. The van der Waals surface area contributed by atoms with Crippen LogP contribution in [0.4, 0.5) is 13.2 Å². The summed E-state index contributed by atoms with van der Waals surface area (Å²) in [6, 6.07) is 12.6. The highest BCUT2D eigenvalue weighted by molar-refractivity contribution is 5.37. The molecule has 2 N–H and O–H groups in total. The number of hydrogen-bond acceptors (Lipinski definition) is 2. The molecule has 0 heterocycles. The molecule has 3 unspecified atom stereocenters. The standard InChI is InChI=1S/C18H18F3NO/c1-11(12-6-8-14(9-7-12)18(19,20)21)22-17-15-5-3-2-4-13(15)10-16(17)23/h2-9,11,16-17,22-23H,10H2,1H3. The largest absolute Gasteiger partial charge is 0.416 e. The van der Waals surface area contributed by atoms with Crippen molar-refractivity contribution in [3.8, 4) is 0 Å². The monoisotopic (exact) mass is 321 g/mol. The Kier molecular flexibility index (Phi) is 4.17. The molecule has 0 amide bonds. The van der Waals surface area contributed by atoms with E-state index in [0.29, 0.717) is 6.42 Å². The molecular weight excluding hydrogens is 303 g/mol.